The maximum atomic E-state index is 13.4. The van der Waals surface area contributed by atoms with Gasteiger partial charge in [-0.1, -0.05) is 17.7 Å². The van der Waals surface area contributed by atoms with Gasteiger partial charge in [0.1, 0.15) is 6.54 Å². The number of nitrogens with one attached hydrogen (secondary N) is 1. The molecule has 8 nitrogen and oxygen atoms in total. The molecule has 1 amide bonds. The number of rotatable bonds is 7. The predicted octanol–water partition coefficient (Wildman–Crippen LogP) is 4.25. The van der Waals surface area contributed by atoms with Gasteiger partial charge in [0.25, 0.3) is 0 Å². The monoisotopic (exact) mass is 491 g/mol. The van der Waals surface area contributed by atoms with E-state index in [0.717, 1.165) is 5.56 Å². The van der Waals surface area contributed by atoms with Crippen molar-refractivity contribution in [2.45, 2.75) is 13.5 Å². The van der Waals surface area contributed by atoms with E-state index in [2.05, 4.69) is 10.3 Å². The highest BCUT2D eigenvalue weighted by atomic mass is 35.5. The number of ketones is 1. The number of carbonyl (C=O) groups excluding carboxylic acids is 2. The van der Waals surface area contributed by atoms with Gasteiger partial charge >= 0.3 is 0 Å². The van der Waals surface area contributed by atoms with E-state index in [4.69, 9.17) is 21.1 Å². The van der Waals surface area contributed by atoms with Crippen LogP contribution in [0.2, 0.25) is 5.02 Å². The van der Waals surface area contributed by atoms with Gasteiger partial charge in [0.15, 0.2) is 17.3 Å². The van der Waals surface area contributed by atoms with Crippen molar-refractivity contribution in [3.63, 3.8) is 0 Å². The second kappa shape index (κ2) is 9.99. The standard InChI is InChI=1S/C26H22ClN3O5/c1-15-4-5-20(19(27)10-15)29-24(31)14-30-13-18(25(32)16-6-8-28-9-7-16)26(33)17-11-22(34-2)23(35-3)12-21(17)30/h4-13H,14H2,1-3H3,(H,29,31). The van der Waals surface area contributed by atoms with Crippen LogP contribution in [0.3, 0.4) is 0 Å². The van der Waals surface area contributed by atoms with Gasteiger partial charge in [-0.25, -0.2) is 0 Å². The van der Waals surface area contributed by atoms with Crippen LogP contribution in [-0.4, -0.2) is 35.5 Å². The molecule has 0 bridgehead atoms. The van der Waals surface area contributed by atoms with Crippen LogP contribution in [0.5, 0.6) is 11.5 Å². The van der Waals surface area contributed by atoms with E-state index in [1.807, 2.05) is 13.0 Å². The normalized spacial score (nSPS) is 10.7. The predicted molar refractivity (Wildman–Crippen MR) is 134 cm³/mol. The number of carbonyl (C=O) groups is 2. The highest BCUT2D eigenvalue weighted by molar-refractivity contribution is 6.33. The Balaban J connectivity index is 1.83. The Kier molecular flexibility index (Phi) is 6.84. The fourth-order valence-corrected chi connectivity index (χ4v) is 4.02. The molecule has 0 radical (unpaired) electrons. The van der Waals surface area contributed by atoms with Crippen LogP contribution in [0.15, 0.2) is 65.8 Å². The molecule has 0 aliphatic heterocycles. The van der Waals surface area contributed by atoms with E-state index in [9.17, 15) is 14.4 Å². The summed E-state index contributed by atoms with van der Waals surface area (Å²) in [6.07, 6.45) is 4.33. The van der Waals surface area contributed by atoms with E-state index >= 15 is 0 Å². The number of pyridine rings is 2. The molecule has 0 spiro atoms. The summed E-state index contributed by atoms with van der Waals surface area (Å²) in [6.45, 7) is 1.71. The molecule has 2 heterocycles. The molecule has 2 aromatic carbocycles. The molecule has 178 valence electrons. The maximum Gasteiger partial charge on any atom is 0.244 e. The maximum absolute atomic E-state index is 13.4. The highest BCUT2D eigenvalue weighted by Gasteiger charge is 2.20. The lowest BCUT2D eigenvalue weighted by Gasteiger charge is -2.16. The molecular formula is C26H22ClN3O5. The number of halogens is 1. The number of nitrogens with zero attached hydrogens (tertiary/aromatic N) is 2. The van der Waals surface area contributed by atoms with Crippen molar-refractivity contribution >= 4 is 39.9 Å². The van der Waals surface area contributed by atoms with E-state index in [-0.39, 0.29) is 17.5 Å². The number of amides is 1. The topological polar surface area (TPSA) is 99.5 Å². The lowest BCUT2D eigenvalue weighted by atomic mass is 10.0. The first-order valence-electron chi connectivity index (χ1n) is 10.6. The van der Waals surface area contributed by atoms with Crippen LogP contribution in [0, 0.1) is 6.92 Å². The summed E-state index contributed by atoms with van der Waals surface area (Å²) in [6, 6.07) is 11.4. The number of anilines is 1. The Labute approximate surface area is 206 Å². The molecule has 9 heteroatoms. The minimum Gasteiger partial charge on any atom is -0.493 e. The third-order valence-corrected chi connectivity index (χ3v) is 5.80. The number of hydrogen-bond acceptors (Lipinski definition) is 6. The molecule has 2 aromatic heterocycles. The van der Waals surface area contributed by atoms with Gasteiger partial charge < -0.3 is 19.4 Å². The summed E-state index contributed by atoms with van der Waals surface area (Å²) in [7, 11) is 2.92. The quantitative estimate of drug-likeness (QED) is 0.388. The summed E-state index contributed by atoms with van der Waals surface area (Å²) in [4.78, 5) is 43.4. The fourth-order valence-electron chi connectivity index (χ4n) is 3.73. The Hall–Kier alpha value is -4.17. The van der Waals surface area contributed by atoms with Gasteiger partial charge in [-0.3, -0.25) is 19.4 Å². The van der Waals surface area contributed by atoms with E-state index in [1.165, 1.54) is 55.6 Å². The first-order valence-corrected chi connectivity index (χ1v) is 11.0. The van der Waals surface area contributed by atoms with Crippen molar-refractivity contribution in [3.05, 3.63) is 93.0 Å². The largest absolute Gasteiger partial charge is 0.493 e. The molecule has 1 N–H and O–H groups in total. The van der Waals surface area contributed by atoms with Crippen molar-refractivity contribution in [3.8, 4) is 11.5 Å². The van der Waals surface area contributed by atoms with Gasteiger partial charge in [-0.15, -0.1) is 0 Å². The average molecular weight is 492 g/mol. The van der Waals surface area contributed by atoms with Gasteiger partial charge in [0.05, 0.1) is 41.4 Å². The molecular weight excluding hydrogens is 470 g/mol. The fraction of sp³-hybridized carbons (Fsp3) is 0.154. The van der Waals surface area contributed by atoms with Crippen LogP contribution in [0.1, 0.15) is 21.5 Å². The van der Waals surface area contributed by atoms with Crippen molar-refractivity contribution < 1.29 is 19.1 Å². The van der Waals surface area contributed by atoms with Gasteiger partial charge in [-0.05, 0) is 42.8 Å². The molecule has 0 saturated carbocycles. The molecule has 4 rings (SSSR count). The molecule has 0 atom stereocenters. The van der Waals surface area contributed by atoms with E-state index in [0.29, 0.717) is 33.3 Å². The van der Waals surface area contributed by atoms with E-state index < -0.39 is 17.1 Å². The summed E-state index contributed by atoms with van der Waals surface area (Å²) in [5.41, 5.74) is 1.56. The SMILES string of the molecule is COc1cc2c(=O)c(C(=O)c3ccncc3)cn(CC(=O)Nc3ccc(C)cc3Cl)c2cc1OC. The molecule has 0 aliphatic rings. The Morgan fingerprint density at radius 1 is 1.03 bits per heavy atom. The molecule has 0 aliphatic carbocycles. The lowest BCUT2D eigenvalue weighted by Crippen LogP contribution is -2.24. The molecule has 0 fully saturated rings. The smallest absolute Gasteiger partial charge is 0.244 e. The Morgan fingerprint density at radius 3 is 2.37 bits per heavy atom. The number of aryl methyl sites for hydroxylation is 1. The second-order valence-electron chi connectivity index (χ2n) is 7.82. The van der Waals surface area contributed by atoms with Crippen LogP contribution >= 0.6 is 11.6 Å². The van der Waals surface area contributed by atoms with Crippen LogP contribution in [-0.2, 0) is 11.3 Å². The average Bonchev–Trinajstić information content (AvgIpc) is 2.86. The van der Waals surface area contributed by atoms with E-state index in [1.54, 1.807) is 18.2 Å². The van der Waals surface area contributed by atoms with Gasteiger partial charge in [0, 0.05) is 30.2 Å². The number of hydrogen-bond donors (Lipinski definition) is 1. The van der Waals surface area contributed by atoms with Crippen molar-refractivity contribution in [1.29, 1.82) is 0 Å². The van der Waals surface area contributed by atoms with Gasteiger partial charge in [0.2, 0.25) is 11.3 Å². The summed E-state index contributed by atoms with van der Waals surface area (Å²) >= 11 is 6.26. The summed E-state index contributed by atoms with van der Waals surface area (Å²) in [5, 5.41) is 3.40. The highest BCUT2D eigenvalue weighted by Crippen LogP contribution is 2.31. The minimum absolute atomic E-state index is 0.0860. The lowest BCUT2D eigenvalue weighted by molar-refractivity contribution is -0.116. The zero-order valence-corrected chi connectivity index (χ0v) is 20.1. The molecule has 0 unspecified atom stereocenters. The number of benzene rings is 2. The van der Waals surface area contributed by atoms with Gasteiger partial charge in [-0.2, -0.15) is 0 Å². The minimum atomic E-state index is -0.485. The molecule has 35 heavy (non-hydrogen) atoms. The number of aromatic nitrogens is 2. The van der Waals surface area contributed by atoms with Crippen molar-refractivity contribution in [2.24, 2.45) is 0 Å². The second-order valence-corrected chi connectivity index (χ2v) is 8.23. The van der Waals surface area contributed by atoms with Crippen molar-refractivity contribution in [2.75, 3.05) is 19.5 Å². The zero-order valence-electron chi connectivity index (χ0n) is 19.3. The molecule has 0 saturated heterocycles. The first kappa shape index (κ1) is 24.0. The number of fused-ring (bicyclic) bond motifs is 1. The third-order valence-electron chi connectivity index (χ3n) is 5.49. The van der Waals surface area contributed by atoms with Crippen LogP contribution in [0.25, 0.3) is 10.9 Å². The third kappa shape index (κ3) is 4.88. The zero-order chi connectivity index (χ0) is 25.1. The number of ether oxygens (including phenoxy) is 2. The van der Waals surface area contributed by atoms with Crippen molar-refractivity contribution in [1.82, 2.24) is 9.55 Å². The van der Waals surface area contributed by atoms with Crippen LogP contribution < -0.4 is 20.2 Å². The Morgan fingerprint density at radius 2 is 1.71 bits per heavy atom. The molecule has 4 aromatic rings. The first-order chi connectivity index (χ1) is 16.8. The Bertz CT molecular complexity index is 1500. The van der Waals surface area contributed by atoms with Crippen LogP contribution in [0.4, 0.5) is 5.69 Å². The summed E-state index contributed by atoms with van der Waals surface area (Å²) in [5.74, 6) is -0.168. The number of methoxy groups -OCH3 is 2. The summed E-state index contributed by atoms with van der Waals surface area (Å²) < 4.78 is 12.3.